The van der Waals surface area contributed by atoms with E-state index in [0.717, 1.165) is 12.8 Å². The highest BCUT2D eigenvalue weighted by Crippen LogP contribution is 2.31. The van der Waals surface area contributed by atoms with Crippen LogP contribution in [-0.4, -0.2) is 71.8 Å². The smallest absolute Gasteiger partial charge is 0.338 e. The molecule has 142 valence electrons. The van der Waals surface area contributed by atoms with Gasteiger partial charge < -0.3 is 4.52 Å². The number of hydrogen-bond donors (Lipinski definition) is 0. The average molecular weight is 383 g/mol. The van der Waals surface area contributed by atoms with E-state index in [2.05, 4.69) is 10.1 Å². The number of alkyl halides is 3. The first kappa shape index (κ1) is 18.5. The number of halogens is 3. The highest BCUT2D eigenvalue weighted by Gasteiger charge is 2.41. The predicted molar refractivity (Wildman–Crippen MR) is 80.4 cm³/mol. The van der Waals surface area contributed by atoms with Crippen molar-refractivity contribution in [2.24, 2.45) is 5.92 Å². The molecule has 2 atom stereocenters. The largest absolute Gasteiger partial charge is 0.455 e. The lowest BCUT2D eigenvalue weighted by Gasteiger charge is -2.34. The van der Waals surface area contributed by atoms with E-state index < -0.39 is 22.2 Å². The molecule has 8 nitrogen and oxygen atoms in total. The zero-order valence-corrected chi connectivity index (χ0v) is 14.7. The Hall–Kier alpha value is -1.24. The molecular formula is C13H20F3N5O3S. The highest BCUT2D eigenvalue weighted by atomic mass is 32.2. The number of rotatable bonds is 4. The molecule has 0 radical (unpaired) electrons. The van der Waals surface area contributed by atoms with E-state index in [0.29, 0.717) is 19.6 Å². The maximum absolute atomic E-state index is 12.6. The van der Waals surface area contributed by atoms with Crippen LogP contribution in [0.2, 0.25) is 0 Å². The molecule has 2 bridgehead atoms. The van der Waals surface area contributed by atoms with Gasteiger partial charge in [0.05, 0.1) is 6.54 Å². The van der Waals surface area contributed by atoms with Crippen LogP contribution in [0.4, 0.5) is 13.2 Å². The van der Waals surface area contributed by atoms with Crippen molar-refractivity contribution in [2.45, 2.75) is 31.6 Å². The van der Waals surface area contributed by atoms with Gasteiger partial charge in [-0.1, -0.05) is 5.16 Å². The van der Waals surface area contributed by atoms with Crippen LogP contribution >= 0.6 is 0 Å². The summed E-state index contributed by atoms with van der Waals surface area (Å²) in [4.78, 5) is 5.34. The molecule has 3 saturated heterocycles. The van der Waals surface area contributed by atoms with Gasteiger partial charge in [-0.25, -0.2) is 0 Å². The van der Waals surface area contributed by atoms with Crippen LogP contribution in [0.1, 0.15) is 24.6 Å². The minimum Gasteiger partial charge on any atom is -0.338 e. The summed E-state index contributed by atoms with van der Waals surface area (Å²) in [7, 11) is -0.555. The number of piperidine rings is 1. The molecule has 25 heavy (non-hydrogen) atoms. The van der Waals surface area contributed by atoms with E-state index in [1.807, 2.05) is 4.90 Å². The molecular weight excluding hydrogens is 363 g/mol. The zero-order valence-electron chi connectivity index (χ0n) is 13.9. The zero-order chi connectivity index (χ0) is 18.4. The topological polar surface area (TPSA) is 82.8 Å². The normalized spacial score (nSPS) is 26.3. The van der Waals surface area contributed by atoms with Crippen LogP contribution < -0.4 is 0 Å². The summed E-state index contributed by atoms with van der Waals surface area (Å²) in [5.41, 5.74) is 0. The SMILES string of the molecule is CN(C)S(=O)(=O)N1C[C@H]2CC[C@@H](C1)N(Cc1nc(C(F)(F)F)no1)C2. The van der Waals surface area contributed by atoms with Gasteiger partial charge in [-0.05, 0) is 18.8 Å². The lowest BCUT2D eigenvalue weighted by atomic mass is 9.95. The molecule has 0 N–H and O–H groups in total. The molecule has 3 aliphatic rings. The molecule has 3 fully saturated rings. The minimum atomic E-state index is -4.64. The van der Waals surface area contributed by atoms with Crippen molar-refractivity contribution in [3.05, 3.63) is 11.7 Å². The van der Waals surface area contributed by atoms with Gasteiger partial charge in [0.1, 0.15) is 0 Å². The molecule has 0 aromatic carbocycles. The second-order valence-corrected chi connectivity index (χ2v) is 8.79. The summed E-state index contributed by atoms with van der Waals surface area (Å²) >= 11 is 0. The van der Waals surface area contributed by atoms with E-state index >= 15 is 0 Å². The van der Waals surface area contributed by atoms with Crippen LogP contribution in [0, 0.1) is 5.92 Å². The van der Waals surface area contributed by atoms with E-state index in [-0.39, 0.29) is 24.4 Å². The quantitative estimate of drug-likeness (QED) is 0.765. The van der Waals surface area contributed by atoms with Crippen molar-refractivity contribution in [1.29, 1.82) is 0 Å². The van der Waals surface area contributed by atoms with Crippen molar-refractivity contribution in [2.75, 3.05) is 33.7 Å². The number of hydrogen-bond acceptors (Lipinski definition) is 6. The maximum atomic E-state index is 12.6. The molecule has 1 aromatic rings. The van der Waals surface area contributed by atoms with Gasteiger partial charge in [0.15, 0.2) is 0 Å². The Morgan fingerprint density at radius 3 is 2.56 bits per heavy atom. The Balaban J connectivity index is 1.74. The lowest BCUT2D eigenvalue weighted by Crippen LogP contribution is -2.45. The fraction of sp³-hybridized carbons (Fsp3) is 0.846. The third-order valence-corrected chi connectivity index (χ3v) is 6.51. The molecule has 4 heterocycles. The number of fused-ring (bicyclic) bond motifs is 4. The van der Waals surface area contributed by atoms with Gasteiger partial charge >= 0.3 is 6.18 Å². The van der Waals surface area contributed by atoms with Crippen molar-refractivity contribution in [3.63, 3.8) is 0 Å². The summed E-state index contributed by atoms with van der Waals surface area (Å²) in [6.07, 6.45) is -2.97. The van der Waals surface area contributed by atoms with Gasteiger partial charge in [-0.3, -0.25) is 4.90 Å². The standard InChI is InChI=1S/C13H20F3N5O3S/c1-19(2)25(22,23)21-6-9-3-4-10(7-21)20(5-9)8-11-17-12(18-24-11)13(14,15)16/h9-10H,3-8H2,1-2H3/t9-,10-/m0/s1. The van der Waals surface area contributed by atoms with Gasteiger partial charge in [0.25, 0.3) is 16.0 Å². The third kappa shape index (κ3) is 3.81. The second kappa shape index (κ2) is 6.49. The van der Waals surface area contributed by atoms with Crippen molar-refractivity contribution < 1.29 is 26.1 Å². The summed E-state index contributed by atoms with van der Waals surface area (Å²) < 4.78 is 69.9. The van der Waals surface area contributed by atoms with Crippen molar-refractivity contribution in [3.8, 4) is 0 Å². The summed E-state index contributed by atoms with van der Waals surface area (Å²) in [5, 5.41) is 2.97. The Morgan fingerprint density at radius 1 is 1.24 bits per heavy atom. The van der Waals surface area contributed by atoms with Crippen LogP contribution in [0.25, 0.3) is 0 Å². The molecule has 4 rings (SSSR count). The summed E-state index contributed by atoms with van der Waals surface area (Å²) in [6, 6.07) is -0.0882. The molecule has 0 unspecified atom stereocenters. The van der Waals surface area contributed by atoms with E-state index in [9.17, 15) is 21.6 Å². The maximum Gasteiger partial charge on any atom is 0.455 e. The molecule has 0 amide bonds. The highest BCUT2D eigenvalue weighted by molar-refractivity contribution is 7.86. The Labute approximate surface area is 143 Å². The van der Waals surface area contributed by atoms with Crippen molar-refractivity contribution in [1.82, 2.24) is 23.7 Å². The first-order chi connectivity index (χ1) is 11.6. The summed E-state index contributed by atoms with van der Waals surface area (Å²) in [5.74, 6) is -1.28. The Bertz CT molecular complexity index is 721. The van der Waals surface area contributed by atoms with Crippen LogP contribution in [0.5, 0.6) is 0 Å². The van der Waals surface area contributed by atoms with E-state index in [1.165, 1.54) is 22.7 Å². The third-order valence-electron chi connectivity index (χ3n) is 4.64. The molecule has 0 spiro atoms. The van der Waals surface area contributed by atoms with Gasteiger partial charge in [-0.2, -0.15) is 35.2 Å². The monoisotopic (exact) mass is 383 g/mol. The molecule has 1 aromatic heterocycles. The summed E-state index contributed by atoms with van der Waals surface area (Å²) in [6.45, 7) is 1.39. The first-order valence-electron chi connectivity index (χ1n) is 7.89. The predicted octanol–water partition coefficient (Wildman–Crippen LogP) is 0.791. The van der Waals surface area contributed by atoms with Gasteiger partial charge in [0.2, 0.25) is 5.89 Å². The first-order valence-corrected chi connectivity index (χ1v) is 9.28. The lowest BCUT2D eigenvalue weighted by molar-refractivity contribution is -0.146. The Morgan fingerprint density at radius 2 is 1.96 bits per heavy atom. The Kier molecular flexibility index (Phi) is 4.81. The fourth-order valence-electron chi connectivity index (χ4n) is 3.36. The van der Waals surface area contributed by atoms with Gasteiger partial charge in [-0.15, -0.1) is 0 Å². The number of aromatic nitrogens is 2. The van der Waals surface area contributed by atoms with Gasteiger partial charge in [0, 0.05) is 39.8 Å². The molecule has 12 heteroatoms. The van der Waals surface area contributed by atoms with Crippen LogP contribution in [0.15, 0.2) is 4.52 Å². The molecule has 0 saturated carbocycles. The van der Waals surface area contributed by atoms with Crippen LogP contribution in [0.3, 0.4) is 0 Å². The fourth-order valence-corrected chi connectivity index (χ4v) is 4.58. The minimum absolute atomic E-state index is 0.0834. The second-order valence-electron chi connectivity index (χ2n) is 6.64. The molecule has 0 aliphatic carbocycles. The van der Waals surface area contributed by atoms with Crippen LogP contribution in [-0.2, 0) is 22.9 Å². The van der Waals surface area contributed by atoms with E-state index in [4.69, 9.17) is 4.52 Å². The van der Waals surface area contributed by atoms with Crippen molar-refractivity contribution >= 4 is 10.2 Å². The van der Waals surface area contributed by atoms with E-state index in [1.54, 1.807) is 0 Å². The number of nitrogens with zero attached hydrogens (tertiary/aromatic N) is 5. The molecule has 3 aliphatic heterocycles. The average Bonchev–Trinajstić information content (AvgIpc) is 2.79.